The van der Waals surface area contributed by atoms with Gasteiger partial charge in [-0.1, -0.05) is 0 Å². The summed E-state index contributed by atoms with van der Waals surface area (Å²) in [6.45, 7) is 3.02. The van der Waals surface area contributed by atoms with Gasteiger partial charge in [-0.25, -0.2) is 15.0 Å². The number of carbonyl (C=O) groups excluding carboxylic acids is 1. The van der Waals surface area contributed by atoms with Crippen LogP contribution < -0.4 is 4.90 Å². The van der Waals surface area contributed by atoms with Crippen molar-refractivity contribution >= 4 is 12.4 Å². The second-order valence-electron chi connectivity index (χ2n) is 3.07. The highest BCUT2D eigenvalue weighted by Gasteiger charge is 2.16. The maximum absolute atomic E-state index is 10.5. The summed E-state index contributed by atoms with van der Waals surface area (Å²) in [6.07, 6.45) is 3.84. The van der Waals surface area contributed by atoms with Gasteiger partial charge in [0.2, 0.25) is 12.4 Å². The van der Waals surface area contributed by atoms with Crippen LogP contribution in [0.1, 0.15) is 0 Å². The Hall–Kier alpha value is -1.72. The highest BCUT2D eigenvalue weighted by atomic mass is 16.1. The van der Waals surface area contributed by atoms with Crippen LogP contribution in [-0.2, 0) is 4.79 Å². The highest BCUT2D eigenvalue weighted by Crippen LogP contribution is 2.07. The average molecular weight is 193 g/mol. The lowest BCUT2D eigenvalue weighted by molar-refractivity contribution is -0.118. The first kappa shape index (κ1) is 8.86. The van der Waals surface area contributed by atoms with Crippen LogP contribution in [0.25, 0.3) is 0 Å². The summed E-state index contributed by atoms with van der Waals surface area (Å²) in [7, 11) is 0. The minimum absolute atomic E-state index is 0.686. The summed E-state index contributed by atoms with van der Waals surface area (Å²) in [5.74, 6) is 0.686. The van der Waals surface area contributed by atoms with E-state index in [0.29, 0.717) is 5.95 Å². The van der Waals surface area contributed by atoms with Gasteiger partial charge in [0.25, 0.3) is 0 Å². The number of piperazine rings is 1. The molecule has 0 aliphatic carbocycles. The topological polar surface area (TPSA) is 62.2 Å². The predicted molar refractivity (Wildman–Crippen MR) is 49.7 cm³/mol. The second kappa shape index (κ2) is 3.99. The van der Waals surface area contributed by atoms with Crippen molar-refractivity contribution in [2.75, 3.05) is 31.1 Å². The first-order valence-electron chi connectivity index (χ1n) is 4.46. The van der Waals surface area contributed by atoms with Crippen LogP contribution in [0, 0.1) is 0 Å². The monoisotopic (exact) mass is 193 g/mol. The van der Waals surface area contributed by atoms with E-state index in [1.165, 1.54) is 12.7 Å². The molecule has 1 aliphatic heterocycles. The van der Waals surface area contributed by atoms with Crippen molar-refractivity contribution in [2.45, 2.75) is 0 Å². The van der Waals surface area contributed by atoms with Gasteiger partial charge in [-0.3, -0.25) is 4.79 Å². The summed E-state index contributed by atoms with van der Waals surface area (Å²) in [6, 6.07) is 0. The zero-order chi connectivity index (χ0) is 9.80. The van der Waals surface area contributed by atoms with Crippen LogP contribution in [0.3, 0.4) is 0 Å². The number of hydrogen-bond donors (Lipinski definition) is 0. The molecular weight excluding hydrogens is 182 g/mol. The zero-order valence-corrected chi connectivity index (χ0v) is 7.70. The molecule has 0 radical (unpaired) electrons. The van der Waals surface area contributed by atoms with Crippen LogP contribution in [0.4, 0.5) is 5.95 Å². The van der Waals surface area contributed by atoms with Gasteiger partial charge < -0.3 is 9.80 Å². The fourth-order valence-electron chi connectivity index (χ4n) is 1.42. The van der Waals surface area contributed by atoms with Crippen molar-refractivity contribution in [1.29, 1.82) is 0 Å². The molecular formula is C8H11N5O. The summed E-state index contributed by atoms with van der Waals surface area (Å²) in [4.78, 5) is 26.1. The number of anilines is 1. The van der Waals surface area contributed by atoms with Gasteiger partial charge in [0, 0.05) is 26.2 Å². The highest BCUT2D eigenvalue weighted by molar-refractivity contribution is 5.48. The van der Waals surface area contributed by atoms with Crippen molar-refractivity contribution in [3.8, 4) is 0 Å². The van der Waals surface area contributed by atoms with Crippen LogP contribution in [-0.4, -0.2) is 52.4 Å². The Morgan fingerprint density at radius 2 is 1.79 bits per heavy atom. The fraction of sp³-hybridized carbons (Fsp3) is 0.500. The Kier molecular flexibility index (Phi) is 2.53. The summed E-state index contributed by atoms with van der Waals surface area (Å²) >= 11 is 0. The van der Waals surface area contributed by atoms with Gasteiger partial charge in [0.05, 0.1) is 0 Å². The molecule has 0 unspecified atom stereocenters. The fourth-order valence-corrected chi connectivity index (χ4v) is 1.42. The quantitative estimate of drug-likeness (QED) is 0.572. The number of aromatic nitrogens is 3. The van der Waals surface area contributed by atoms with Crippen LogP contribution >= 0.6 is 0 Å². The van der Waals surface area contributed by atoms with Crippen molar-refractivity contribution in [2.24, 2.45) is 0 Å². The summed E-state index contributed by atoms with van der Waals surface area (Å²) in [5, 5.41) is 0. The third-order valence-corrected chi connectivity index (χ3v) is 2.23. The molecule has 0 atom stereocenters. The number of carbonyl (C=O) groups is 1. The van der Waals surface area contributed by atoms with Crippen LogP contribution in [0.2, 0.25) is 0 Å². The molecule has 6 nitrogen and oxygen atoms in total. The van der Waals surface area contributed by atoms with Gasteiger partial charge in [0.15, 0.2) is 0 Å². The van der Waals surface area contributed by atoms with Gasteiger partial charge in [-0.2, -0.15) is 0 Å². The van der Waals surface area contributed by atoms with E-state index in [4.69, 9.17) is 0 Å². The van der Waals surface area contributed by atoms with Gasteiger partial charge >= 0.3 is 0 Å². The molecule has 0 spiro atoms. The number of amides is 1. The van der Waals surface area contributed by atoms with Gasteiger partial charge in [-0.15, -0.1) is 0 Å². The van der Waals surface area contributed by atoms with E-state index in [1.54, 1.807) is 4.90 Å². The number of hydrogen-bond acceptors (Lipinski definition) is 5. The molecule has 0 saturated carbocycles. The standard InChI is InChI=1S/C8H11N5O/c14-7-12-1-3-13(4-2-12)8-10-5-9-6-11-8/h5-7H,1-4H2. The van der Waals surface area contributed by atoms with E-state index in [0.717, 1.165) is 32.6 Å². The molecule has 14 heavy (non-hydrogen) atoms. The third kappa shape index (κ3) is 1.78. The lowest BCUT2D eigenvalue weighted by Gasteiger charge is -2.32. The maximum Gasteiger partial charge on any atom is 0.228 e. The van der Waals surface area contributed by atoms with Crippen molar-refractivity contribution in [3.63, 3.8) is 0 Å². The van der Waals surface area contributed by atoms with Crippen LogP contribution in [0.15, 0.2) is 12.7 Å². The smallest absolute Gasteiger partial charge is 0.228 e. The lowest BCUT2D eigenvalue weighted by atomic mass is 10.3. The van der Waals surface area contributed by atoms with E-state index in [1.807, 2.05) is 4.90 Å². The Morgan fingerprint density at radius 1 is 1.14 bits per heavy atom. The summed E-state index contributed by atoms with van der Waals surface area (Å²) < 4.78 is 0. The molecule has 1 aliphatic rings. The lowest BCUT2D eigenvalue weighted by Crippen LogP contribution is -2.46. The molecule has 1 saturated heterocycles. The zero-order valence-electron chi connectivity index (χ0n) is 7.70. The van der Waals surface area contributed by atoms with E-state index in [2.05, 4.69) is 15.0 Å². The minimum Gasteiger partial charge on any atom is -0.342 e. The molecule has 0 bridgehead atoms. The van der Waals surface area contributed by atoms with E-state index in [9.17, 15) is 4.79 Å². The van der Waals surface area contributed by atoms with Gasteiger partial charge in [-0.05, 0) is 0 Å². The Labute approximate surface area is 81.6 Å². The largest absolute Gasteiger partial charge is 0.342 e. The summed E-state index contributed by atoms with van der Waals surface area (Å²) in [5.41, 5.74) is 0. The molecule has 1 aromatic heterocycles. The SMILES string of the molecule is O=CN1CCN(c2ncncn2)CC1. The van der Waals surface area contributed by atoms with E-state index < -0.39 is 0 Å². The molecule has 6 heteroatoms. The molecule has 1 amide bonds. The average Bonchev–Trinajstić information content (AvgIpc) is 2.30. The molecule has 1 aromatic rings. The molecule has 74 valence electrons. The first-order chi connectivity index (χ1) is 6.90. The van der Waals surface area contributed by atoms with Gasteiger partial charge in [0.1, 0.15) is 12.7 Å². The minimum atomic E-state index is 0.686. The van der Waals surface area contributed by atoms with E-state index >= 15 is 0 Å². The number of nitrogens with zero attached hydrogens (tertiary/aromatic N) is 5. The normalized spacial score (nSPS) is 16.9. The number of rotatable bonds is 2. The van der Waals surface area contributed by atoms with Crippen molar-refractivity contribution in [1.82, 2.24) is 19.9 Å². The van der Waals surface area contributed by atoms with Crippen molar-refractivity contribution < 1.29 is 4.79 Å². The first-order valence-corrected chi connectivity index (χ1v) is 4.46. The third-order valence-electron chi connectivity index (χ3n) is 2.23. The van der Waals surface area contributed by atoms with E-state index in [-0.39, 0.29) is 0 Å². The molecule has 0 N–H and O–H groups in total. The molecule has 1 fully saturated rings. The Balaban J connectivity index is 1.99. The predicted octanol–water partition coefficient (Wildman–Crippen LogP) is -0.850. The Morgan fingerprint density at radius 3 is 2.36 bits per heavy atom. The second-order valence-corrected chi connectivity index (χ2v) is 3.07. The maximum atomic E-state index is 10.5. The van der Waals surface area contributed by atoms with Crippen LogP contribution in [0.5, 0.6) is 0 Å². The van der Waals surface area contributed by atoms with Crippen molar-refractivity contribution in [3.05, 3.63) is 12.7 Å². The molecule has 2 heterocycles. The molecule has 2 rings (SSSR count). The Bertz CT molecular complexity index is 296. The molecule has 0 aromatic carbocycles.